The molecule has 0 saturated carbocycles. The fourth-order valence-corrected chi connectivity index (χ4v) is 3.05. The molecule has 1 aromatic heterocycles. The van der Waals surface area contributed by atoms with E-state index in [2.05, 4.69) is 36.1 Å². The summed E-state index contributed by atoms with van der Waals surface area (Å²) in [4.78, 5) is 11.0. The second kappa shape index (κ2) is 5.71. The Morgan fingerprint density at radius 2 is 2.10 bits per heavy atom. The van der Waals surface area contributed by atoms with E-state index in [4.69, 9.17) is 16.3 Å². The van der Waals surface area contributed by atoms with E-state index in [0.29, 0.717) is 10.8 Å². The topological polar surface area (TPSA) is 50.3 Å². The molecule has 1 aliphatic heterocycles. The van der Waals surface area contributed by atoms with Crippen LogP contribution in [-0.4, -0.2) is 43.3 Å². The van der Waals surface area contributed by atoms with Gasteiger partial charge in [-0.2, -0.15) is 0 Å². The average molecular weight is 358 g/mol. The molecular weight excluding hydrogens is 344 g/mol. The van der Waals surface area contributed by atoms with Gasteiger partial charge in [-0.25, -0.2) is 9.97 Å². The molecular formula is C13H14BrClN4O. The fraction of sp³-hybridized carbons (Fsp3) is 0.385. The van der Waals surface area contributed by atoms with Gasteiger partial charge in [-0.1, -0.05) is 11.6 Å². The van der Waals surface area contributed by atoms with Crippen molar-refractivity contribution in [1.82, 2.24) is 15.3 Å². The van der Waals surface area contributed by atoms with E-state index in [1.165, 1.54) is 0 Å². The first-order valence-corrected chi connectivity index (χ1v) is 7.52. The van der Waals surface area contributed by atoms with Crippen molar-refractivity contribution in [2.45, 2.75) is 0 Å². The van der Waals surface area contributed by atoms with Crippen molar-refractivity contribution in [2.24, 2.45) is 0 Å². The van der Waals surface area contributed by atoms with Gasteiger partial charge in [0.1, 0.15) is 12.1 Å². The maximum atomic E-state index is 6.32. The third kappa shape index (κ3) is 2.32. The van der Waals surface area contributed by atoms with Gasteiger partial charge in [0, 0.05) is 30.7 Å². The number of anilines is 1. The van der Waals surface area contributed by atoms with Crippen LogP contribution in [0.3, 0.4) is 0 Å². The number of piperazine rings is 1. The van der Waals surface area contributed by atoms with Crippen molar-refractivity contribution < 1.29 is 4.74 Å². The van der Waals surface area contributed by atoms with E-state index in [0.717, 1.165) is 47.4 Å². The molecule has 1 fully saturated rings. The quantitative estimate of drug-likeness (QED) is 0.895. The van der Waals surface area contributed by atoms with Crippen LogP contribution in [0.5, 0.6) is 5.75 Å². The van der Waals surface area contributed by atoms with Crippen molar-refractivity contribution in [3.05, 3.63) is 21.9 Å². The number of fused-ring (bicyclic) bond motifs is 1. The molecule has 0 atom stereocenters. The van der Waals surface area contributed by atoms with Crippen LogP contribution in [0, 0.1) is 0 Å². The molecule has 1 N–H and O–H groups in total. The summed E-state index contributed by atoms with van der Waals surface area (Å²) in [5.74, 6) is 1.49. The minimum absolute atomic E-state index is 0.547. The number of halogens is 2. The van der Waals surface area contributed by atoms with Gasteiger partial charge in [0.2, 0.25) is 0 Å². The minimum atomic E-state index is 0.547. The molecule has 1 aliphatic rings. The lowest BCUT2D eigenvalue weighted by Gasteiger charge is -2.29. The van der Waals surface area contributed by atoms with Gasteiger partial charge >= 0.3 is 0 Å². The van der Waals surface area contributed by atoms with Gasteiger partial charge in [-0.15, -0.1) is 0 Å². The zero-order valence-electron chi connectivity index (χ0n) is 11.0. The minimum Gasteiger partial charge on any atom is -0.494 e. The van der Waals surface area contributed by atoms with Crippen molar-refractivity contribution in [2.75, 3.05) is 38.2 Å². The summed E-state index contributed by atoms with van der Waals surface area (Å²) in [5, 5.41) is 4.74. The predicted molar refractivity (Wildman–Crippen MR) is 83.9 cm³/mol. The van der Waals surface area contributed by atoms with Gasteiger partial charge in [-0.3, -0.25) is 0 Å². The van der Waals surface area contributed by atoms with Crippen molar-refractivity contribution in [3.8, 4) is 5.75 Å². The molecule has 0 radical (unpaired) electrons. The molecule has 20 heavy (non-hydrogen) atoms. The Morgan fingerprint density at radius 3 is 2.80 bits per heavy atom. The number of ether oxygens (including phenoxy) is 1. The fourth-order valence-electron chi connectivity index (χ4n) is 2.43. The van der Waals surface area contributed by atoms with Crippen molar-refractivity contribution >= 4 is 44.3 Å². The number of hydrogen-bond acceptors (Lipinski definition) is 5. The second-order valence-electron chi connectivity index (χ2n) is 4.53. The SMILES string of the molecule is COc1c(Cl)c(Br)cc2ncnc(N3CCNCC3)c12. The van der Waals surface area contributed by atoms with E-state index in [1.54, 1.807) is 13.4 Å². The molecule has 2 aromatic rings. The van der Waals surface area contributed by atoms with Crippen LogP contribution < -0.4 is 15.0 Å². The molecule has 1 saturated heterocycles. The number of methoxy groups -OCH3 is 1. The molecule has 3 rings (SSSR count). The summed E-state index contributed by atoms with van der Waals surface area (Å²) in [7, 11) is 1.61. The molecule has 106 valence electrons. The summed E-state index contributed by atoms with van der Waals surface area (Å²) in [6.07, 6.45) is 1.58. The summed E-state index contributed by atoms with van der Waals surface area (Å²) in [6, 6.07) is 1.90. The lowest BCUT2D eigenvalue weighted by molar-refractivity contribution is 0.419. The predicted octanol–water partition coefficient (Wildman–Crippen LogP) is 2.46. The number of nitrogens with one attached hydrogen (secondary N) is 1. The Labute approximate surface area is 130 Å². The molecule has 2 heterocycles. The van der Waals surface area contributed by atoms with Crippen LogP contribution in [0.25, 0.3) is 10.9 Å². The third-order valence-corrected chi connectivity index (χ3v) is 4.61. The van der Waals surface area contributed by atoms with Crippen LogP contribution >= 0.6 is 27.5 Å². The highest BCUT2D eigenvalue weighted by atomic mass is 79.9. The summed E-state index contributed by atoms with van der Waals surface area (Å²) in [5.41, 5.74) is 0.821. The van der Waals surface area contributed by atoms with Gasteiger partial charge in [0.05, 0.1) is 23.0 Å². The van der Waals surface area contributed by atoms with E-state index in [1.807, 2.05) is 6.07 Å². The van der Waals surface area contributed by atoms with Gasteiger partial charge in [0.15, 0.2) is 5.75 Å². The Balaban J connectivity index is 2.24. The first-order valence-electron chi connectivity index (χ1n) is 6.34. The first-order chi connectivity index (χ1) is 9.72. The smallest absolute Gasteiger partial charge is 0.151 e. The summed E-state index contributed by atoms with van der Waals surface area (Å²) >= 11 is 9.76. The van der Waals surface area contributed by atoms with Crippen LogP contribution in [0.2, 0.25) is 5.02 Å². The number of hydrogen-bond donors (Lipinski definition) is 1. The Morgan fingerprint density at radius 1 is 1.35 bits per heavy atom. The lowest BCUT2D eigenvalue weighted by Crippen LogP contribution is -2.44. The molecule has 0 aliphatic carbocycles. The standard InChI is InChI=1S/C13H14BrClN4O/c1-20-12-10-9(6-8(14)11(12)15)17-7-18-13(10)19-4-2-16-3-5-19/h6-7,16H,2-5H2,1H3. The average Bonchev–Trinajstić information content (AvgIpc) is 2.49. The zero-order valence-corrected chi connectivity index (χ0v) is 13.3. The van der Waals surface area contributed by atoms with E-state index >= 15 is 0 Å². The van der Waals surface area contributed by atoms with Crippen LogP contribution in [0.15, 0.2) is 16.9 Å². The van der Waals surface area contributed by atoms with Gasteiger partial charge in [-0.05, 0) is 22.0 Å². The van der Waals surface area contributed by atoms with E-state index < -0.39 is 0 Å². The summed E-state index contributed by atoms with van der Waals surface area (Å²) in [6.45, 7) is 3.70. The zero-order chi connectivity index (χ0) is 14.1. The second-order valence-corrected chi connectivity index (χ2v) is 5.77. The number of nitrogens with zero attached hydrogens (tertiary/aromatic N) is 3. The Bertz CT molecular complexity index is 646. The third-order valence-electron chi connectivity index (χ3n) is 3.38. The van der Waals surface area contributed by atoms with E-state index in [9.17, 15) is 0 Å². The van der Waals surface area contributed by atoms with Crippen LogP contribution in [0.4, 0.5) is 5.82 Å². The maximum Gasteiger partial charge on any atom is 0.151 e. The molecule has 1 aromatic carbocycles. The number of benzene rings is 1. The maximum absolute atomic E-state index is 6.32. The lowest BCUT2D eigenvalue weighted by atomic mass is 10.2. The van der Waals surface area contributed by atoms with Gasteiger partial charge in [0.25, 0.3) is 0 Å². The number of aromatic nitrogens is 2. The van der Waals surface area contributed by atoms with E-state index in [-0.39, 0.29) is 0 Å². The first kappa shape index (κ1) is 13.9. The molecule has 0 amide bonds. The van der Waals surface area contributed by atoms with Crippen molar-refractivity contribution in [1.29, 1.82) is 0 Å². The van der Waals surface area contributed by atoms with Crippen LogP contribution in [0.1, 0.15) is 0 Å². The highest BCUT2D eigenvalue weighted by Gasteiger charge is 2.20. The van der Waals surface area contributed by atoms with Crippen LogP contribution in [-0.2, 0) is 0 Å². The largest absolute Gasteiger partial charge is 0.494 e. The highest BCUT2D eigenvalue weighted by molar-refractivity contribution is 9.10. The molecule has 0 bridgehead atoms. The summed E-state index contributed by atoms with van der Waals surface area (Å²) < 4.78 is 6.26. The number of rotatable bonds is 2. The Hall–Kier alpha value is -1.11. The molecule has 5 nitrogen and oxygen atoms in total. The molecule has 0 unspecified atom stereocenters. The Kier molecular flexibility index (Phi) is 3.96. The van der Waals surface area contributed by atoms with Gasteiger partial charge < -0.3 is 15.0 Å². The monoisotopic (exact) mass is 356 g/mol. The normalized spacial score (nSPS) is 15.7. The molecule has 0 spiro atoms. The highest BCUT2D eigenvalue weighted by Crippen LogP contribution is 2.41. The molecule has 7 heteroatoms. The van der Waals surface area contributed by atoms with Crippen molar-refractivity contribution in [3.63, 3.8) is 0 Å².